The van der Waals surface area contributed by atoms with Crippen LogP contribution in [0.3, 0.4) is 0 Å². The predicted octanol–water partition coefficient (Wildman–Crippen LogP) is 2.49. The minimum absolute atomic E-state index is 0.0838. The molecule has 0 saturated carbocycles. The Balaban J connectivity index is 1.41. The molecular weight excluding hydrogens is 300 g/mol. The summed E-state index contributed by atoms with van der Waals surface area (Å²) in [7, 11) is 0. The Morgan fingerprint density at radius 2 is 1.75 bits per heavy atom. The summed E-state index contributed by atoms with van der Waals surface area (Å²) in [6.07, 6.45) is 5.31. The number of amides is 1. The minimum Gasteiger partial charge on any atom is -0.368 e. The van der Waals surface area contributed by atoms with Gasteiger partial charge in [-0.15, -0.1) is 0 Å². The smallest absolute Gasteiger partial charge is 0.274 e. The SMILES string of the molecule is Cc1ccc(N2CCN(C(=O)c3cn4c(n3)CCCC4)CC2)cc1. The zero-order valence-electron chi connectivity index (χ0n) is 14.2. The summed E-state index contributed by atoms with van der Waals surface area (Å²) in [4.78, 5) is 21.6. The van der Waals surface area contributed by atoms with E-state index in [2.05, 4.69) is 45.6 Å². The topological polar surface area (TPSA) is 41.4 Å². The molecule has 4 rings (SSSR count). The lowest BCUT2D eigenvalue weighted by molar-refractivity contribution is 0.0741. The van der Waals surface area contributed by atoms with Gasteiger partial charge in [-0.2, -0.15) is 0 Å². The number of imidazole rings is 1. The van der Waals surface area contributed by atoms with Crippen molar-refractivity contribution in [3.05, 3.63) is 47.5 Å². The van der Waals surface area contributed by atoms with Crippen molar-refractivity contribution >= 4 is 11.6 Å². The normalized spacial score (nSPS) is 17.7. The molecule has 3 heterocycles. The average Bonchev–Trinajstić information content (AvgIpc) is 3.06. The number of aryl methyl sites for hydroxylation is 3. The lowest BCUT2D eigenvalue weighted by atomic mass is 10.2. The van der Waals surface area contributed by atoms with Crippen LogP contribution in [0.5, 0.6) is 0 Å². The Morgan fingerprint density at radius 1 is 1.00 bits per heavy atom. The van der Waals surface area contributed by atoms with Crippen LogP contribution in [-0.2, 0) is 13.0 Å². The van der Waals surface area contributed by atoms with Crippen LogP contribution >= 0.6 is 0 Å². The largest absolute Gasteiger partial charge is 0.368 e. The van der Waals surface area contributed by atoms with Gasteiger partial charge in [-0.05, 0) is 31.9 Å². The summed E-state index contributed by atoms with van der Waals surface area (Å²) >= 11 is 0. The third-order valence-electron chi connectivity index (χ3n) is 5.09. The second-order valence-corrected chi connectivity index (χ2v) is 6.81. The number of hydrogen-bond donors (Lipinski definition) is 0. The van der Waals surface area contributed by atoms with Gasteiger partial charge in [-0.3, -0.25) is 4.79 Å². The Bertz CT molecular complexity index is 703. The van der Waals surface area contributed by atoms with E-state index in [1.807, 2.05) is 11.1 Å². The van der Waals surface area contributed by atoms with Crippen molar-refractivity contribution in [2.24, 2.45) is 0 Å². The molecular formula is C19H24N4O. The van der Waals surface area contributed by atoms with E-state index < -0.39 is 0 Å². The number of anilines is 1. The molecule has 5 nitrogen and oxygen atoms in total. The van der Waals surface area contributed by atoms with Gasteiger partial charge in [0.05, 0.1) is 0 Å². The Morgan fingerprint density at radius 3 is 2.46 bits per heavy atom. The first-order valence-corrected chi connectivity index (χ1v) is 8.88. The van der Waals surface area contributed by atoms with Gasteiger partial charge >= 0.3 is 0 Å². The van der Waals surface area contributed by atoms with E-state index in [1.165, 1.54) is 24.1 Å². The fraction of sp³-hybridized carbons (Fsp3) is 0.474. The number of hydrogen-bond acceptors (Lipinski definition) is 3. The standard InChI is InChI=1S/C19H24N4O/c1-15-5-7-16(8-6-15)21-10-12-22(13-11-21)19(24)17-14-23-9-3-2-4-18(23)20-17/h5-8,14H,2-4,9-13H2,1H3. The number of nitrogens with zero attached hydrogens (tertiary/aromatic N) is 4. The lowest BCUT2D eigenvalue weighted by Crippen LogP contribution is -2.48. The first-order chi connectivity index (χ1) is 11.7. The molecule has 1 amide bonds. The number of carbonyl (C=O) groups is 1. The van der Waals surface area contributed by atoms with E-state index in [4.69, 9.17) is 0 Å². The summed E-state index contributed by atoms with van der Waals surface area (Å²) in [5, 5.41) is 0. The number of rotatable bonds is 2. The van der Waals surface area contributed by atoms with E-state index in [9.17, 15) is 4.79 Å². The highest BCUT2D eigenvalue weighted by molar-refractivity contribution is 5.92. The summed E-state index contributed by atoms with van der Waals surface area (Å²) in [5.41, 5.74) is 3.14. The van der Waals surface area contributed by atoms with Gasteiger partial charge in [0.2, 0.25) is 0 Å². The maximum Gasteiger partial charge on any atom is 0.274 e. The minimum atomic E-state index is 0.0838. The van der Waals surface area contributed by atoms with Crippen molar-refractivity contribution in [1.29, 1.82) is 0 Å². The van der Waals surface area contributed by atoms with Gasteiger partial charge in [0.25, 0.3) is 5.91 Å². The van der Waals surface area contributed by atoms with Crippen LogP contribution in [-0.4, -0.2) is 46.5 Å². The van der Waals surface area contributed by atoms with Crippen LogP contribution in [0.25, 0.3) is 0 Å². The maximum atomic E-state index is 12.7. The Labute approximate surface area is 142 Å². The molecule has 1 fully saturated rings. The van der Waals surface area contributed by atoms with Crippen molar-refractivity contribution in [3.63, 3.8) is 0 Å². The molecule has 2 aromatic rings. The van der Waals surface area contributed by atoms with Crippen LogP contribution in [0.4, 0.5) is 5.69 Å². The van der Waals surface area contributed by atoms with Crippen molar-refractivity contribution in [2.45, 2.75) is 32.7 Å². The summed E-state index contributed by atoms with van der Waals surface area (Å²) in [5.74, 6) is 1.16. The van der Waals surface area contributed by atoms with Gasteiger partial charge in [0.1, 0.15) is 11.5 Å². The maximum absolute atomic E-state index is 12.7. The molecule has 24 heavy (non-hydrogen) atoms. The Hall–Kier alpha value is -2.30. The second-order valence-electron chi connectivity index (χ2n) is 6.81. The third-order valence-corrected chi connectivity index (χ3v) is 5.09. The molecule has 2 aliphatic heterocycles. The highest BCUT2D eigenvalue weighted by atomic mass is 16.2. The summed E-state index contributed by atoms with van der Waals surface area (Å²) < 4.78 is 2.15. The van der Waals surface area contributed by atoms with Crippen LogP contribution in [0.15, 0.2) is 30.5 Å². The molecule has 0 radical (unpaired) electrons. The van der Waals surface area contributed by atoms with Gasteiger partial charge in [0.15, 0.2) is 0 Å². The molecule has 1 aromatic heterocycles. The fourth-order valence-electron chi connectivity index (χ4n) is 3.60. The molecule has 2 aliphatic rings. The third kappa shape index (κ3) is 2.90. The van der Waals surface area contributed by atoms with E-state index in [0.717, 1.165) is 45.0 Å². The number of aromatic nitrogens is 2. The van der Waals surface area contributed by atoms with Gasteiger partial charge in [0, 0.05) is 51.0 Å². The zero-order valence-corrected chi connectivity index (χ0v) is 14.2. The van der Waals surface area contributed by atoms with Crippen molar-refractivity contribution in [1.82, 2.24) is 14.5 Å². The molecule has 0 unspecified atom stereocenters. The van der Waals surface area contributed by atoms with Crippen LogP contribution in [0, 0.1) is 6.92 Å². The van der Waals surface area contributed by atoms with Gasteiger partial charge in [-0.1, -0.05) is 17.7 Å². The highest BCUT2D eigenvalue weighted by Gasteiger charge is 2.25. The number of carbonyl (C=O) groups excluding carboxylic acids is 1. The summed E-state index contributed by atoms with van der Waals surface area (Å²) in [6, 6.07) is 8.61. The number of benzene rings is 1. The van der Waals surface area contributed by atoms with E-state index in [1.54, 1.807) is 0 Å². The average molecular weight is 324 g/mol. The van der Waals surface area contributed by atoms with Crippen molar-refractivity contribution in [2.75, 3.05) is 31.1 Å². The molecule has 0 N–H and O–H groups in total. The van der Waals surface area contributed by atoms with Gasteiger partial charge in [-0.25, -0.2) is 4.98 Å². The molecule has 0 aliphatic carbocycles. The predicted molar refractivity (Wildman–Crippen MR) is 94.5 cm³/mol. The van der Waals surface area contributed by atoms with Crippen molar-refractivity contribution in [3.8, 4) is 0 Å². The molecule has 1 saturated heterocycles. The fourth-order valence-corrected chi connectivity index (χ4v) is 3.60. The molecule has 1 aromatic carbocycles. The monoisotopic (exact) mass is 324 g/mol. The molecule has 126 valence electrons. The van der Waals surface area contributed by atoms with Crippen LogP contribution in [0.1, 0.15) is 34.7 Å². The highest BCUT2D eigenvalue weighted by Crippen LogP contribution is 2.19. The quantitative estimate of drug-likeness (QED) is 0.852. The summed E-state index contributed by atoms with van der Waals surface area (Å²) in [6.45, 7) is 6.37. The lowest BCUT2D eigenvalue weighted by Gasteiger charge is -2.35. The molecule has 0 bridgehead atoms. The van der Waals surface area contributed by atoms with E-state index in [0.29, 0.717) is 5.69 Å². The zero-order chi connectivity index (χ0) is 16.5. The molecule has 5 heteroatoms. The number of piperazine rings is 1. The van der Waals surface area contributed by atoms with Crippen molar-refractivity contribution < 1.29 is 4.79 Å². The molecule has 0 atom stereocenters. The first-order valence-electron chi connectivity index (χ1n) is 8.88. The van der Waals surface area contributed by atoms with Gasteiger partial charge < -0.3 is 14.4 Å². The second kappa shape index (κ2) is 6.30. The molecule has 0 spiro atoms. The first kappa shape index (κ1) is 15.2. The van der Waals surface area contributed by atoms with Crippen LogP contribution in [0.2, 0.25) is 0 Å². The van der Waals surface area contributed by atoms with E-state index >= 15 is 0 Å². The van der Waals surface area contributed by atoms with Crippen LogP contribution < -0.4 is 4.90 Å². The Kier molecular flexibility index (Phi) is 4.00. The van der Waals surface area contributed by atoms with E-state index in [-0.39, 0.29) is 5.91 Å². The number of fused-ring (bicyclic) bond motifs is 1.